The van der Waals surface area contributed by atoms with Crippen molar-refractivity contribution >= 4 is 11.7 Å². The van der Waals surface area contributed by atoms with Gasteiger partial charge in [0.2, 0.25) is 0 Å². The number of benzene rings is 1. The molecule has 0 saturated carbocycles. The highest BCUT2D eigenvalue weighted by Crippen LogP contribution is 2.35. The lowest BCUT2D eigenvalue weighted by Gasteiger charge is -2.48. The van der Waals surface area contributed by atoms with Crippen LogP contribution in [0.15, 0.2) is 47.1 Å². The predicted molar refractivity (Wildman–Crippen MR) is 97.3 cm³/mol. The van der Waals surface area contributed by atoms with Crippen LogP contribution >= 0.6 is 0 Å². The number of nitrogens with one attached hydrogen (secondary N) is 2. The van der Waals surface area contributed by atoms with Crippen LogP contribution < -0.4 is 10.6 Å². The van der Waals surface area contributed by atoms with Gasteiger partial charge >= 0.3 is 6.03 Å². The fourth-order valence-electron chi connectivity index (χ4n) is 4.34. The first-order valence-corrected chi connectivity index (χ1v) is 9.29. The maximum absolute atomic E-state index is 13.7. The molecule has 2 saturated heterocycles. The minimum Gasteiger partial charge on any atom is -0.468 e. The number of amides is 2. The Labute approximate surface area is 152 Å². The van der Waals surface area contributed by atoms with Gasteiger partial charge in [-0.2, -0.15) is 0 Å². The number of rotatable bonds is 4. The summed E-state index contributed by atoms with van der Waals surface area (Å²) in [5.41, 5.74) is 0.209. The first kappa shape index (κ1) is 17.1. The Morgan fingerprint density at radius 3 is 2.62 bits per heavy atom. The fraction of sp³-hybridized carbons (Fsp3) is 0.450. The van der Waals surface area contributed by atoms with Crippen LogP contribution in [-0.2, 0) is 6.54 Å². The topological polar surface area (TPSA) is 57.5 Å². The van der Waals surface area contributed by atoms with E-state index in [1.54, 1.807) is 24.5 Å². The van der Waals surface area contributed by atoms with Gasteiger partial charge in [0, 0.05) is 18.1 Å². The molecule has 2 aliphatic rings. The molecule has 1 aromatic carbocycles. The lowest BCUT2D eigenvalue weighted by atomic mass is 9.81. The van der Waals surface area contributed by atoms with Crippen molar-refractivity contribution in [2.24, 2.45) is 0 Å². The maximum Gasteiger partial charge on any atom is 0.319 e. The third-order valence-corrected chi connectivity index (χ3v) is 5.50. The second-order valence-electron chi connectivity index (χ2n) is 7.24. The van der Waals surface area contributed by atoms with Crippen LogP contribution in [0.4, 0.5) is 14.9 Å². The van der Waals surface area contributed by atoms with Crippen molar-refractivity contribution in [1.29, 1.82) is 0 Å². The second kappa shape index (κ2) is 7.50. The summed E-state index contributed by atoms with van der Waals surface area (Å²) in [6, 6.07) is 10.8. The molecule has 5 nitrogen and oxygen atoms in total. The van der Waals surface area contributed by atoms with Crippen LogP contribution in [0, 0.1) is 5.82 Å². The average Bonchev–Trinajstić information content (AvgIpc) is 3.11. The van der Waals surface area contributed by atoms with Gasteiger partial charge in [0.15, 0.2) is 0 Å². The SMILES string of the molecule is O=C(Nc1ccccc1F)NC1CC2CCCC(C1)N2Cc1ccco1. The van der Waals surface area contributed by atoms with E-state index in [0.717, 1.165) is 38.0 Å². The molecule has 2 aromatic rings. The van der Waals surface area contributed by atoms with Crippen molar-refractivity contribution < 1.29 is 13.6 Å². The van der Waals surface area contributed by atoms with Gasteiger partial charge in [-0.3, -0.25) is 4.90 Å². The van der Waals surface area contributed by atoms with Crippen LogP contribution in [0.1, 0.15) is 37.9 Å². The Morgan fingerprint density at radius 1 is 1.15 bits per heavy atom. The van der Waals surface area contributed by atoms with Crippen LogP contribution in [-0.4, -0.2) is 29.1 Å². The lowest BCUT2D eigenvalue weighted by molar-refractivity contribution is 0.0150. The van der Waals surface area contributed by atoms with E-state index in [4.69, 9.17) is 4.42 Å². The van der Waals surface area contributed by atoms with Crippen molar-refractivity contribution in [2.45, 2.75) is 56.8 Å². The summed E-state index contributed by atoms with van der Waals surface area (Å²) >= 11 is 0. The van der Waals surface area contributed by atoms with E-state index in [1.165, 1.54) is 12.5 Å². The monoisotopic (exact) mass is 357 g/mol. The summed E-state index contributed by atoms with van der Waals surface area (Å²) in [6.07, 6.45) is 7.07. The minimum atomic E-state index is -0.423. The van der Waals surface area contributed by atoms with Gasteiger partial charge in [-0.05, 0) is 49.9 Å². The average molecular weight is 357 g/mol. The van der Waals surface area contributed by atoms with Crippen molar-refractivity contribution in [2.75, 3.05) is 5.32 Å². The zero-order valence-electron chi connectivity index (χ0n) is 14.7. The van der Waals surface area contributed by atoms with Crippen LogP contribution in [0.2, 0.25) is 0 Å². The molecule has 0 radical (unpaired) electrons. The van der Waals surface area contributed by atoms with Crippen LogP contribution in [0.25, 0.3) is 0 Å². The van der Waals surface area contributed by atoms with E-state index in [1.807, 2.05) is 12.1 Å². The number of hydrogen-bond acceptors (Lipinski definition) is 3. The number of anilines is 1. The molecule has 2 unspecified atom stereocenters. The molecule has 6 heteroatoms. The number of hydrogen-bond donors (Lipinski definition) is 2. The highest BCUT2D eigenvalue weighted by atomic mass is 19.1. The summed E-state index contributed by atoms with van der Waals surface area (Å²) in [4.78, 5) is 14.8. The Kier molecular flexibility index (Phi) is 4.93. The first-order valence-electron chi connectivity index (χ1n) is 9.29. The molecule has 2 bridgehead atoms. The molecule has 0 spiro atoms. The Morgan fingerprint density at radius 2 is 1.92 bits per heavy atom. The summed E-state index contributed by atoms with van der Waals surface area (Å²) in [5.74, 6) is 0.568. The van der Waals surface area contributed by atoms with E-state index >= 15 is 0 Å². The molecular formula is C20H24FN3O2. The van der Waals surface area contributed by atoms with Crippen molar-refractivity contribution in [3.8, 4) is 0 Å². The minimum absolute atomic E-state index is 0.116. The number of urea groups is 1. The van der Waals surface area contributed by atoms with E-state index < -0.39 is 5.82 Å². The third kappa shape index (κ3) is 3.75. The number of nitrogens with zero attached hydrogens (tertiary/aromatic N) is 1. The molecule has 2 atom stereocenters. The van der Waals surface area contributed by atoms with Gasteiger partial charge in [0.1, 0.15) is 11.6 Å². The van der Waals surface area contributed by atoms with Gasteiger partial charge in [0.25, 0.3) is 0 Å². The molecule has 2 amide bonds. The quantitative estimate of drug-likeness (QED) is 0.865. The second-order valence-corrected chi connectivity index (χ2v) is 7.24. The molecule has 3 heterocycles. The Hall–Kier alpha value is -2.34. The van der Waals surface area contributed by atoms with E-state index in [0.29, 0.717) is 12.1 Å². The molecule has 1 aromatic heterocycles. The highest BCUT2D eigenvalue weighted by Gasteiger charge is 2.38. The molecule has 26 heavy (non-hydrogen) atoms. The van der Waals surface area contributed by atoms with Gasteiger partial charge in [-0.25, -0.2) is 9.18 Å². The van der Waals surface area contributed by atoms with Crippen molar-refractivity contribution in [3.05, 3.63) is 54.2 Å². The van der Waals surface area contributed by atoms with Crippen molar-refractivity contribution in [1.82, 2.24) is 10.2 Å². The van der Waals surface area contributed by atoms with Gasteiger partial charge in [0.05, 0.1) is 18.5 Å². The number of fused-ring (bicyclic) bond motifs is 2. The van der Waals surface area contributed by atoms with Gasteiger partial charge < -0.3 is 15.1 Å². The molecular weight excluding hydrogens is 333 g/mol. The molecule has 2 aliphatic heterocycles. The predicted octanol–water partition coefficient (Wildman–Crippen LogP) is 4.13. The molecule has 2 N–H and O–H groups in total. The maximum atomic E-state index is 13.7. The normalized spacial score (nSPS) is 25.7. The largest absolute Gasteiger partial charge is 0.468 e. The van der Waals surface area contributed by atoms with E-state index in [-0.39, 0.29) is 17.8 Å². The number of carbonyl (C=O) groups is 1. The number of piperidine rings is 2. The highest BCUT2D eigenvalue weighted by molar-refractivity contribution is 5.89. The number of carbonyl (C=O) groups excluding carboxylic acids is 1. The number of furan rings is 1. The number of para-hydroxylation sites is 1. The van der Waals surface area contributed by atoms with Crippen LogP contribution in [0.5, 0.6) is 0 Å². The zero-order chi connectivity index (χ0) is 17.9. The molecule has 2 fully saturated rings. The first-order chi connectivity index (χ1) is 12.7. The summed E-state index contributed by atoms with van der Waals surface area (Å²) in [5, 5.41) is 5.65. The summed E-state index contributed by atoms with van der Waals surface area (Å²) in [6.45, 7) is 0.830. The third-order valence-electron chi connectivity index (χ3n) is 5.50. The van der Waals surface area contributed by atoms with E-state index in [2.05, 4.69) is 15.5 Å². The summed E-state index contributed by atoms with van der Waals surface area (Å²) in [7, 11) is 0. The standard InChI is InChI=1S/C20H24FN3O2/c21-18-8-1-2-9-19(18)23-20(25)22-14-11-15-5-3-6-16(12-14)24(15)13-17-7-4-10-26-17/h1-2,4,7-10,14-16H,3,5-6,11-13H2,(H2,22,23,25). The fourth-order valence-corrected chi connectivity index (χ4v) is 4.34. The van der Waals surface area contributed by atoms with Crippen LogP contribution in [0.3, 0.4) is 0 Å². The van der Waals surface area contributed by atoms with Gasteiger partial charge in [-0.15, -0.1) is 0 Å². The molecule has 4 rings (SSSR count). The molecule has 0 aliphatic carbocycles. The van der Waals surface area contributed by atoms with Gasteiger partial charge in [-0.1, -0.05) is 18.6 Å². The smallest absolute Gasteiger partial charge is 0.319 e. The summed E-state index contributed by atoms with van der Waals surface area (Å²) < 4.78 is 19.2. The Bertz CT molecular complexity index is 735. The number of halogens is 1. The lowest BCUT2D eigenvalue weighted by Crippen LogP contribution is -2.56. The van der Waals surface area contributed by atoms with Crippen molar-refractivity contribution in [3.63, 3.8) is 0 Å². The van der Waals surface area contributed by atoms with E-state index in [9.17, 15) is 9.18 Å². The molecule has 138 valence electrons. The zero-order valence-corrected chi connectivity index (χ0v) is 14.7. The Balaban J connectivity index is 1.36.